The number of benzene rings is 3. The van der Waals surface area contributed by atoms with Crippen LogP contribution in [-0.2, 0) is 9.47 Å². The lowest BCUT2D eigenvalue weighted by molar-refractivity contribution is 0.144. The third-order valence-corrected chi connectivity index (χ3v) is 9.51. The lowest BCUT2D eigenvalue weighted by atomic mass is 9.89. The molecule has 0 aromatic heterocycles. The maximum atomic E-state index is 14.7. The first-order valence-electron chi connectivity index (χ1n) is 17.1. The molecule has 3 aromatic rings. The Labute approximate surface area is 285 Å². The van der Waals surface area contributed by atoms with Crippen molar-refractivity contribution in [3.8, 4) is 0 Å². The van der Waals surface area contributed by atoms with Crippen molar-refractivity contribution in [1.29, 1.82) is 0 Å². The van der Waals surface area contributed by atoms with Crippen molar-refractivity contribution >= 4 is 29.8 Å². The number of amides is 2. The number of carbonyl (C=O) groups is 2. The number of aliphatic imine (C=N–C) groups is 1. The molecule has 0 spiro atoms. The summed E-state index contributed by atoms with van der Waals surface area (Å²) >= 11 is 0. The zero-order valence-electron chi connectivity index (χ0n) is 27.5. The Bertz CT molecular complexity index is 1610. The Morgan fingerprint density at radius 1 is 0.735 bits per heavy atom. The van der Waals surface area contributed by atoms with Gasteiger partial charge in [-0.15, -0.1) is 0 Å². The lowest BCUT2D eigenvalue weighted by Crippen LogP contribution is -2.28. The maximum absolute atomic E-state index is 14.7. The highest BCUT2D eigenvalue weighted by Gasteiger charge is 2.34. The van der Waals surface area contributed by atoms with Gasteiger partial charge in [-0.3, -0.25) is 14.8 Å². The third kappa shape index (κ3) is 8.62. The number of nitrogens with two attached hydrogens (primary N) is 1. The quantitative estimate of drug-likeness (QED) is 0.277. The number of piperidine rings is 2. The number of carbonyl (C=O) groups excluding carboxylic acids is 2. The second-order valence-electron chi connectivity index (χ2n) is 12.8. The highest BCUT2D eigenvalue weighted by Crippen LogP contribution is 2.32. The van der Waals surface area contributed by atoms with Crippen molar-refractivity contribution in [2.75, 3.05) is 62.2 Å². The largest absolute Gasteiger partial charge is 0.443 e. The number of rotatable bonds is 8. The SMILES string of the molecule is NC[C@H]1CN(c2ccc(C3CCNCC3)c(F)c2)C(=O)O1.O=C1O[C@@H](CN=Cc2ccccc2)CN1c1ccc(C2CCNCC2)c(F)c1. The van der Waals surface area contributed by atoms with Gasteiger partial charge in [-0.2, -0.15) is 0 Å². The Morgan fingerprint density at radius 2 is 1.22 bits per heavy atom. The van der Waals surface area contributed by atoms with E-state index in [-0.39, 0.29) is 42.2 Å². The van der Waals surface area contributed by atoms with Crippen LogP contribution in [0, 0.1) is 11.6 Å². The van der Waals surface area contributed by atoms with Gasteiger partial charge in [-0.05, 0) is 105 Å². The van der Waals surface area contributed by atoms with Gasteiger partial charge in [0.05, 0.1) is 31.0 Å². The van der Waals surface area contributed by atoms with Crippen molar-refractivity contribution in [3.05, 3.63) is 95.1 Å². The van der Waals surface area contributed by atoms with Gasteiger partial charge in [0.15, 0.2) is 0 Å². The molecule has 4 aliphatic rings. The van der Waals surface area contributed by atoms with Gasteiger partial charge in [0.1, 0.15) is 23.8 Å². The molecule has 4 aliphatic heterocycles. The minimum absolute atomic E-state index is 0.237. The summed E-state index contributed by atoms with van der Waals surface area (Å²) in [5.41, 5.74) is 9.05. The van der Waals surface area contributed by atoms with Gasteiger partial charge in [0.25, 0.3) is 0 Å². The summed E-state index contributed by atoms with van der Waals surface area (Å²) in [6.07, 6.45) is 3.96. The summed E-state index contributed by atoms with van der Waals surface area (Å²) in [4.78, 5) is 31.3. The van der Waals surface area contributed by atoms with Gasteiger partial charge in [0, 0.05) is 12.8 Å². The monoisotopic (exact) mass is 674 g/mol. The average Bonchev–Trinajstić information content (AvgIpc) is 3.71. The Balaban J connectivity index is 0.000000177. The Morgan fingerprint density at radius 3 is 1.69 bits per heavy atom. The number of hydrogen-bond donors (Lipinski definition) is 3. The molecule has 260 valence electrons. The van der Waals surface area contributed by atoms with E-state index in [0.29, 0.717) is 31.0 Å². The molecule has 7 rings (SSSR count). The van der Waals surface area contributed by atoms with Crippen LogP contribution in [0.5, 0.6) is 0 Å². The summed E-state index contributed by atoms with van der Waals surface area (Å²) < 4.78 is 39.5. The van der Waals surface area contributed by atoms with Crippen molar-refractivity contribution < 1.29 is 27.8 Å². The molecule has 0 saturated carbocycles. The first-order valence-corrected chi connectivity index (χ1v) is 17.1. The number of ether oxygens (including phenoxy) is 2. The fourth-order valence-corrected chi connectivity index (χ4v) is 6.79. The van der Waals surface area contributed by atoms with Crippen LogP contribution in [0.15, 0.2) is 71.7 Å². The van der Waals surface area contributed by atoms with Gasteiger partial charge < -0.3 is 25.8 Å². The summed E-state index contributed by atoms with van der Waals surface area (Å²) in [5, 5.41) is 6.57. The fraction of sp³-hybridized carbons (Fsp3) is 0.432. The summed E-state index contributed by atoms with van der Waals surface area (Å²) in [6.45, 7) is 5.07. The molecule has 4 fully saturated rings. The van der Waals surface area contributed by atoms with Crippen molar-refractivity contribution in [1.82, 2.24) is 10.6 Å². The fourth-order valence-electron chi connectivity index (χ4n) is 6.79. The standard InChI is InChI=1S/C22H24FN3O2.C15H20FN3O2/c23-21-12-18(6-7-20(21)17-8-10-24-11-9-17)26-15-19(28-22(26)27)14-25-13-16-4-2-1-3-5-16;16-14-7-11(19-9-12(8-17)21-15(19)20)1-2-13(14)10-3-5-18-6-4-10/h1-7,12-13,17,19,24H,8-11,14-15H2;1-2,7,10,12,18H,3-6,8-9,17H2/t19-;12-/m00/s1. The van der Waals surface area contributed by atoms with Crippen molar-refractivity contribution in [2.24, 2.45) is 10.7 Å². The minimum atomic E-state index is -0.459. The van der Waals surface area contributed by atoms with E-state index in [2.05, 4.69) is 15.6 Å². The van der Waals surface area contributed by atoms with Crippen LogP contribution in [0.3, 0.4) is 0 Å². The van der Waals surface area contributed by atoms with E-state index < -0.39 is 12.2 Å². The third-order valence-electron chi connectivity index (χ3n) is 9.51. The molecular weight excluding hydrogens is 630 g/mol. The zero-order valence-corrected chi connectivity index (χ0v) is 27.5. The zero-order chi connectivity index (χ0) is 34.2. The Hall–Kier alpha value is -4.39. The van der Waals surface area contributed by atoms with Crippen LogP contribution >= 0.6 is 0 Å². The molecule has 3 aromatic carbocycles. The summed E-state index contributed by atoms with van der Waals surface area (Å²) in [6, 6.07) is 19.9. The van der Waals surface area contributed by atoms with Gasteiger partial charge in [-0.1, -0.05) is 42.5 Å². The molecule has 0 unspecified atom stereocenters. The molecule has 10 nitrogen and oxygen atoms in total. The van der Waals surface area contributed by atoms with Gasteiger partial charge in [0.2, 0.25) is 0 Å². The molecule has 12 heteroatoms. The van der Waals surface area contributed by atoms with Crippen molar-refractivity contribution in [3.63, 3.8) is 0 Å². The molecule has 0 radical (unpaired) electrons. The smallest absolute Gasteiger partial charge is 0.414 e. The van der Waals surface area contributed by atoms with E-state index >= 15 is 0 Å². The highest BCUT2D eigenvalue weighted by molar-refractivity contribution is 5.90. The second-order valence-corrected chi connectivity index (χ2v) is 12.8. The summed E-state index contributed by atoms with van der Waals surface area (Å²) in [5.74, 6) is -0.00494. The topological polar surface area (TPSA) is 122 Å². The predicted molar refractivity (Wildman–Crippen MR) is 186 cm³/mol. The molecule has 2 atom stereocenters. The maximum Gasteiger partial charge on any atom is 0.414 e. The van der Waals surface area contributed by atoms with Crippen LogP contribution in [0.4, 0.5) is 29.7 Å². The van der Waals surface area contributed by atoms with E-state index in [0.717, 1.165) is 68.6 Å². The Kier molecular flexibility index (Phi) is 11.5. The molecule has 0 bridgehead atoms. The lowest BCUT2D eigenvalue weighted by Gasteiger charge is -2.24. The second kappa shape index (κ2) is 16.3. The molecule has 4 heterocycles. The molecule has 2 amide bonds. The number of nitrogens with zero attached hydrogens (tertiary/aromatic N) is 3. The molecule has 49 heavy (non-hydrogen) atoms. The number of cyclic esters (lactones) is 2. The van der Waals surface area contributed by atoms with Gasteiger partial charge in [-0.25, -0.2) is 18.4 Å². The van der Waals surface area contributed by atoms with Crippen LogP contribution in [0.2, 0.25) is 0 Å². The van der Waals surface area contributed by atoms with E-state index in [4.69, 9.17) is 15.2 Å². The van der Waals surface area contributed by atoms with E-state index in [1.54, 1.807) is 18.3 Å². The molecular formula is C37H44F2N6O4. The highest BCUT2D eigenvalue weighted by atomic mass is 19.1. The van der Waals surface area contributed by atoms with Crippen LogP contribution < -0.4 is 26.2 Å². The van der Waals surface area contributed by atoms with E-state index in [1.165, 1.54) is 21.9 Å². The minimum Gasteiger partial charge on any atom is -0.443 e. The molecule has 0 aliphatic carbocycles. The first-order chi connectivity index (χ1) is 23.9. The van der Waals surface area contributed by atoms with E-state index in [9.17, 15) is 18.4 Å². The van der Waals surface area contributed by atoms with Crippen LogP contribution in [0.25, 0.3) is 0 Å². The molecule has 4 N–H and O–H groups in total. The number of nitrogens with one attached hydrogen (secondary N) is 2. The van der Waals surface area contributed by atoms with Gasteiger partial charge >= 0.3 is 12.2 Å². The predicted octanol–water partition coefficient (Wildman–Crippen LogP) is 5.31. The average molecular weight is 675 g/mol. The van der Waals surface area contributed by atoms with Crippen LogP contribution in [-0.4, -0.2) is 83.0 Å². The number of halogens is 2. The normalized spacial score (nSPS) is 21.9. The van der Waals surface area contributed by atoms with E-state index in [1.807, 2.05) is 42.5 Å². The number of anilines is 2. The van der Waals surface area contributed by atoms with Crippen molar-refractivity contribution in [2.45, 2.75) is 49.7 Å². The first kappa shape index (κ1) is 34.5. The summed E-state index contributed by atoms with van der Waals surface area (Å²) in [7, 11) is 0. The van der Waals surface area contributed by atoms with Crippen LogP contribution in [0.1, 0.15) is 54.2 Å². The molecule has 4 saturated heterocycles. The number of hydrogen-bond acceptors (Lipinski definition) is 8.